The Balaban J connectivity index is 1.33. The van der Waals surface area contributed by atoms with Crippen molar-refractivity contribution in [2.45, 2.75) is 74.8 Å². The Kier molecular flexibility index (Phi) is 7.29. The van der Waals surface area contributed by atoms with Gasteiger partial charge >= 0.3 is 0 Å². The van der Waals surface area contributed by atoms with Crippen molar-refractivity contribution in [3.05, 3.63) is 70.2 Å². The van der Waals surface area contributed by atoms with E-state index in [9.17, 15) is 4.79 Å². The van der Waals surface area contributed by atoms with Gasteiger partial charge < -0.3 is 5.32 Å². The largest absolute Gasteiger partial charge is 0.326 e. The summed E-state index contributed by atoms with van der Waals surface area (Å²) in [6.45, 7) is 2.44. The molecule has 1 N–H and O–H groups in total. The van der Waals surface area contributed by atoms with Gasteiger partial charge in [0.05, 0.1) is 5.69 Å². The van der Waals surface area contributed by atoms with Crippen LogP contribution in [0.25, 0.3) is 20.9 Å². The van der Waals surface area contributed by atoms with Crippen LogP contribution in [0.5, 0.6) is 0 Å². The molecule has 5 nitrogen and oxygen atoms in total. The van der Waals surface area contributed by atoms with Crippen molar-refractivity contribution in [2.75, 3.05) is 5.32 Å². The first-order valence-electron chi connectivity index (χ1n) is 13.7. The van der Waals surface area contributed by atoms with E-state index in [-0.39, 0.29) is 16.5 Å². The Bertz CT molecular complexity index is 1460. The van der Waals surface area contributed by atoms with Crippen molar-refractivity contribution in [1.82, 2.24) is 15.0 Å². The number of aromatic nitrogens is 3. The van der Waals surface area contributed by atoms with Crippen LogP contribution < -0.4 is 5.32 Å². The maximum absolute atomic E-state index is 14.3. The second-order valence-corrected chi connectivity index (χ2v) is 13.6. The van der Waals surface area contributed by atoms with Crippen LogP contribution in [0, 0.1) is 3.57 Å². The third-order valence-electron chi connectivity index (χ3n) is 8.82. The zero-order valence-corrected chi connectivity index (χ0v) is 24.7. The molecule has 2 saturated heterocycles. The van der Waals surface area contributed by atoms with Crippen LogP contribution in [0.3, 0.4) is 0 Å². The summed E-state index contributed by atoms with van der Waals surface area (Å²) in [5.41, 5.74) is 4.04. The summed E-state index contributed by atoms with van der Waals surface area (Å²) < 4.78 is 1.07. The van der Waals surface area contributed by atoms with Crippen LogP contribution in [0.1, 0.15) is 69.8 Å². The van der Waals surface area contributed by atoms with Gasteiger partial charge in [0.2, 0.25) is 5.91 Å². The van der Waals surface area contributed by atoms with Crippen molar-refractivity contribution in [3.63, 3.8) is 0 Å². The summed E-state index contributed by atoms with van der Waals surface area (Å²) >= 11 is 3.85. The van der Waals surface area contributed by atoms with E-state index >= 15 is 0 Å². The second kappa shape index (κ2) is 10.7. The highest BCUT2D eigenvalue weighted by molar-refractivity contribution is 14.1. The van der Waals surface area contributed by atoms with E-state index in [4.69, 9.17) is 4.98 Å². The molecule has 0 spiro atoms. The SMILES string of the molecule is CC12BC(C(=O)Nc3ccccc3-c3nc4cc(I)cnc4s3)(CCCCC1c1cccnc1)CCCC2. The summed E-state index contributed by atoms with van der Waals surface area (Å²) in [5.74, 6) is 0.616. The monoisotopic (exact) mass is 634 g/mol. The molecule has 0 aliphatic carbocycles. The van der Waals surface area contributed by atoms with Crippen molar-refractivity contribution in [3.8, 4) is 10.6 Å². The van der Waals surface area contributed by atoms with Crippen LogP contribution >= 0.6 is 33.9 Å². The minimum Gasteiger partial charge on any atom is -0.326 e. The molecule has 0 saturated carbocycles. The van der Waals surface area contributed by atoms with Gasteiger partial charge in [0.1, 0.15) is 22.6 Å². The van der Waals surface area contributed by atoms with Crippen LogP contribution in [0.2, 0.25) is 10.6 Å². The molecule has 1 amide bonds. The number of carbonyl (C=O) groups excluding carboxylic acids is 1. The molecule has 194 valence electrons. The number of pyridine rings is 2. The van der Waals surface area contributed by atoms with Gasteiger partial charge in [0, 0.05) is 33.0 Å². The molecule has 6 rings (SSSR count). The number of thiazole rings is 1. The Hall–Kier alpha value is -2.33. The van der Waals surface area contributed by atoms with Gasteiger partial charge in [-0.1, -0.05) is 68.6 Å². The zero-order chi connectivity index (χ0) is 26.2. The number of fused-ring (bicyclic) bond motifs is 3. The highest BCUT2D eigenvalue weighted by Gasteiger charge is 2.50. The lowest BCUT2D eigenvalue weighted by molar-refractivity contribution is -0.119. The van der Waals surface area contributed by atoms with Gasteiger partial charge in [-0.3, -0.25) is 9.78 Å². The third-order valence-corrected chi connectivity index (χ3v) is 10.4. The van der Waals surface area contributed by atoms with Gasteiger partial charge in [-0.05, 0) is 82.9 Å². The lowest BCUT2D eigenvalue weighted by atomic mass is 9.33. The summed E-state index contributed by atoms with van der Waals surface area (Å²) in [6, 6.07) is 14.4. The quantitative estimate of drug-likeness (QED) is 0.183. The first-order chi connectivity index (χ1) is 18.5. The van der Waals surface area contributed by atoms with E-state index in [0.717, 1.165) is 76.0 Å². The topological polar surface area (TPSA) is 67.8 Å². The number of amides is 1. The Labute approximate surface area is 242 Å². The summed E-state index contributed by atoms with van der Waals surface area (Å²) in [6.07, 6.45) is 14.6. The van der Waals surface area contributed by atoms with E-state index in [1.807, 2.05) is 36.8 Å². The van der Waals surface area contributed by atoms with Crippen molar-refractivity contribution < 1.29 is 4.79 Å². The number of rotatable bonds is 4. The van der Waals surface area contributed by atoms with E-state index in [2.05, 4.69) is 69.1 Å². The Morgan fingerprint density at radius 3 is 2.74 bits per heavy atom. The third kappa shape index (κ3) is 5.01. The molecule has 3 aromatic heterocycles. The number of hydrogen-bond donors (Lipinski definition) is 1. The number of para-hydroxylation sites is 1. The number of hydrogen-bond acceptors (Lipinski definition) is 5. The van der Waals surface area contributed by atoms with E-state index in [1.54, 1.807) is 11.3 Å². The summed E-state index contributed by atoms with van der Waals surface area (Å²) in [7, 11) is 0.928. The number of benzene rings is 1. The molecule has 4 aromatic rings. The molecule has 2 bridgehead atoms. The van der Waals surface area contributed by atoms with Crippen LogP contribution in [0.4, 0.5) is 5.69 Å². The van der Waals surface area contributed by atoms with E-state index < -0.39 is 0 Å². The first-order valence-corrected chi connectivity index (χ1v) is 15.6. The molecule has 3 atom stereocenters. The smallest absolute Gasteiger partial charge is 0.222 e. The van der Waals surface area contributed by atoms with Crippen molar-refractivity contribution >= 4 is 63.1 Å². The minimum absolute atomic E-state index is 0.0760. The maximum Gasteiger partial charge on any atom is 0.222 e. The molecule has 2 aliphatic rings. The molecule has 8 heteroatoms. The lowest BCUT2D eigenvalue weighted by Gasteiger charge is -2.44. The molecule has 5 heterocycles. The molecular formula is C30H32BIN4OS. The summed E-state index contributed by atoms with van der Waals surface area (Å²) in [4.78, 5) is 29.2. The highest BCUT2D eigenvalue weighted by atomic mass is 127. The lowest BCUT2D eigenvalue weighted by Crippen LogP contribution is -2.42. The first kappa shape index (κ1) is 25.9. The average molecular weight is 634 g/mol. The fraction of sp³-hybridized carbons (Fsp3) is 0.400. The maximum atomic E-state index is 14.3. The molecular weight excluding hydrogens is 602 g/mol. The van der Waals surface area contributed by atoms with Crippen LogP contribution in [-0.4, -0.2) is 28.1 Å². The fourth-order valence-corrected chi connectivity index (χ4v) is 8.38. The van der Waals surface area contributed by atoms with Gasteiger partial charge in [-0.2, -0.15) is 0 Å². The Morgan fingerprint density at radius 2 is 1.89 bits per heavy atom. The molecule has 2 fully saturated rings. The Morgan fingerprint density at radius 1 is 1.08 bits per heavy atom. The second-order valence-electron chi connectivity index (χ2n) is 11.4. The molecule has 38 heavy (non-hydrogen) atoms. The van der Waals surface area contributed by atoms with Gasteiger partial charge in [-0.25, -0.2) is 9.97 Å². The zero-order valence-electron chi connectivity index (χ0n) is 21.8. The number of halogens is 1. The van der Waals surface area contributed by atoms with Gasteiger partial charge in [0.25, 0.3) is 0 Å². The van der Waals surface area contributed by atoms with Gasteiger partial charge in [0.15, 0.2) is 0 Å². The highest BCUT2D eigenvalue weighted by Crippen LogP contribution is 2.59. The van der Waals surface area contributed by atoms with E-state index in [1.165, 1.54) is 18.4 Å². The van der Waals surface area contributed by atoms with Crippen LogP contribution in [0.15, 0.2) is 61.1 Å². The van der Waals surface area contributed by atoms with Gasteiger partial charge in [-0.15, -0.1) is 0 Å². The number of nitrogens with one attached hydrogen (secondary N) is 1. The van der Waals surface area contributed by atoms with E-state index in [0.29, 0.717) is 5.92 Å². The normalized spacial score (nSPS) is 25.6. The van der Waals surface area contributed by atoms with Crippen LogP contribution in [-0.2, 0) is 4.79 Å². The number of anilines is 1. The van der Waals surface area contributed by atoms with Crippen molar-refractivity contribution in [1.29, 1.82) is 0 Å². The number of nitrogens with zero attached hydrogens (tertiary/aromatic N) is 3. The standard InChI is InChI=1S/C30H32BIN4OS/c1-29-13-6-7-15-30(31-29,14-5-4-11-23(29)20-9-8-16-33-18-20)28(37)36-24-12-3-2-10-22(24)26-35-25-17-21(32)19-34-27(25)38-26/h2-3,8-10,12,16-19,23,31H,4-7,11,13-15H2,1H3,(H,36,37). The fourth-order valence-electron chi connectivity index (χ4n) is 7.02. The summed E-state index contributed by atoms with van der Waals surface area (Å²) in [5, 5.41) is 4.03. The predicted octanol–water partition coefficient (Wildman–Crippen LogP) is 8.00. The molecule has 0 radical (unpaired) electrons. The molecule has 1 aromatic carbocycles. The molecule has 3 unspecified atom stereocenters. The van der Waals surface area contributed by atoms with Crippen molar-refractivity contribution in [2.24, 2.45) is 0 Å². The average Bonchev–Trinajstić information content (AvgIpc) is 3.23. The minimum atomic E-state index is -0.357. The number of carbonyl (C=O) groups is 1. The molecule has 2 aliphatic heterocycles. The predicted molar refractivity (Wildman–Crippen MR) is 166 cm³/mol.